The largest absolute Gasteiger partial charge is 0.466 e. The lowest BCUT2D eigenvalue weighted by Gasteiger charge is -2.03. The molecule has 0 rings (SSSR count). The molecule has 5 heteroatoms. The Morgan fingerprint density at radius 2 is 1.09 bits per heavy atom. The van der Waals surface area contributed by atoms with Gasteiger partial charge in [0.2, 0.25) is 0 Å². The maximum atomic E-state index is 11.0. The van der Waals surface area contributed by atoms with Crippen molar-refractivity contribution in [2.24, 2.45) is 5.92 Å². The van der Waals surface area contributed by atoms with Gasteiger partial charge >= 0.3 is 11.9 Å². The molecule has 0 atom stereocenters. The second kappa shape index (κ2) is 18.9. The van der Waals surface area contributed by atoms with Gasteiger partial charge in [0.25, 0.3) is 0 Å². The normalized spacial score (nSPS) is 10.0. The van der Waals surface area contributed by atoms with E-state index in [4.69, 9.17) is 14.6 Å². The van der Waals surface area contributed by atoms with Crippen LogP contribution in [0.15, 0.2) is 0 Å². The average Bonchev–Trinajstić information content (AvgIpc) is 2.51. The van der Waals surface area contributed by atoms with Crippen LogP contribution >= 0.6 is 0 Å². The first kappa shape index (κ1) is 24.2. The summed E-state index contributed by atoms with van der Waals surface area (Å²) in [6.07, 6.45) is 7.18. The van der Waals surface area contributed by atoms with Gasteiger partial charge in [0, 0.05) is 19.4 Å². The summed E-state index contributed by atoms with van der Waals surface area (Å²) in [7, 11) is 0. The van der Waals surface area contributed by atoms with Crippen molar-refractivity contribution in [3.8, 4) is 0 Å². The summed E-state index contributed by atoms with van der Waals surface area (Å²) >= 11 is 0. The van der Waals surface area contributed by atoms with E-state index in [0.29, 0.717) is 38.6 Å². The Balaban J connectivity index is 0. The van der Waals surface area contributed by atoms with Gasteiger partial charge in [-0.25, -0.2) is 0 Å². The molecule has 0 aliphatic heterocycles. The molecule has 0 amide bonds. The Morgan fingerprint density at radius 1 is 0.783 bits per heavy atom. The third-order valence-corrected chi connectivity index (χ3v) is 2.99. The third kappa shape index (κ3) is 23.3. The molecule has 0 fully saturated rings. The minimum absolute atomic E-state index is 0.0974. The highest BCUT2D eigenvalue weighted by atomic mass is 16.5. The summed E-state index contributed by atoms with van der Waals surface area (Å²) in [6.45, 7) is 8.82. The molecule has 0 unspecified atom stereocenters. The van der Waals surface area contributed by atoms with E-state index in [-0.39, 0.29) is 11.9 Å². The van der Waals surface area contributed by atoms with E-state index >= 15 is 0 Å². The number of aliphatic hydroxyl groups excluding tert-OH is 1. The third-order valence-electron chi connectivity index (χ3n) is 2.99. The standard InChI is InChI=1S/C14H26O4.C4H10O/c1-3-17-13(15)11-9-7-5-6-8-10-12-14(16)18-4-2;1-4(2)3-5/h3-12H2,1-2H3;4-5H,3H2,1-2H3. The molecule has 0 radical (unpaired) electrons. The van der Waals surface area contributed by atoms with E-state index in [0.717, 1.165) is 38.5 Å². The Morgan fingerprint density at radius 3 is 1.35 bits per heavy atom. The molecule has 23 heavy (non-hydrogen) atoms. The van der Waals surface area contributed by atoms with Crippen LogP contribution < -0.4 is 0 Å². The predicted octanol–water partition coefficient (Wildman–Crippen LogP) is 3.87. The van der Waals surface area contributed by atoms with Crippen LogP contribution in [-0.4, -0.2) is 36.9 Å². The fourth-order valence-corrected chi connectivity index (χ4v) is 1.71. The molecule has 0 bridgehead atoms. The minimum atomic E-state index is -0.0974. The lowest BCUT2D eigenvalue weighted by molar-refractivity contribution is -0.144. The van der Waals surface area contributed by atoms with Crippen LogP contribution in [0.5, 0.6) is 0 Å². The summed E-state index contributed by atoms with van der Waals surface area (Å²) in [5.41, 5.74) is 0. The van der Waals surface area contributed by atoms with Crippen molar-refractivity contribution in [2.45, 2.75) is 79.1 Å². The van der Waals surface area contributed by atoms with Gasteiger partial charge < -0.3 is 14.6 Å². The number of hydrogen-bond donors (Lipinski definition) is 1. The molecule has 0 heterocycles. The molecule has 0 aliphatic rings. The number of rotatable bonds is 12. The molecular formula is C18H36O5. The van der Waals surface area contributed by atoms with Crippen molar-refractivity contribution in [2.75, 3.05) is 19.8 Å². The molecular weight excluding hydrogens is 296 g/mol. The number of ether oxygens (including phenoxy) is 2. The smallest absolute Gasteiger partial charge is 0.305 e. The van der Waals surface area contributed by atoms with Crippen LogP contribution in [0.2, 0.25) is 0 Å². The molecule has 0 spiro atoms. The van der Waals surface area contributed by atoms with E-state index in [1.807, 2.05) is 27.7 Å². The van der Waals surface area contributed by atoms with Crippen LogP contribution in [-0.2, 0) is 19.1 Å². The van der Waals surface area contributed by atoms with Crippen molar-refractivity contribution in [1.82, 2.24) is 0 Å². The van der Waals surface area contributed by atoms with Crippen molar-refractivity contribution >= 4 is 11.9 Å². The van der Waals surface area contributed by atoms with Gasteiger partial charge in [-0.15, -0.1) is 0 Å². The molecule has 0 aromatic heterocycles. The number of unbranched alkanes of at least 4 members (excludes halogenated alkanes) is 5. The summed E-state index contributed by atoms with van der Waals surface area (Å²) in [4.78, 5) is 22.1. The Kier molecular flexibility index (Phi) is 19.9. The van der Waals surface area contributed by atoms with Crippen LogP contribution in [0.4, 0.5) is 0 Å². The maximum absolute atomic E-state index is 11.0. The topological polar surface area (TPSA) is 72.8 Å². The first-order chi connectivity index (χ1) is 11.0. The monoisotopic (exact) mass is 332 g/mol. The van der Waals surface area contributed by atoms with Crippen LogP contribution in [0, 0.1) is 5.92 Å². The van der Waals surface area contributed by atoms with Crippen molar-refractivity contribution in [3.05, 3.63) is 0 Å². The van der Waals surface area contributed by atoms with Gasteiger partial charge in [0.1, 0.15) is 0 Å². The summed E-state index contributed by atoms with van der Waals surface area (Å²) in [5, 5.41) is 8.14. The molecule has 0 saturated carbocycles. The molecule has 5 nitrogen and oxygen atoms in total. The summed E-state index contributed by atoms with van der Waals surface area (Å²) in [5.74, 6) is 0.245. The highest BCUT2D eigenvalue weighted by Crippen LogP contribution is 2.09. The maximum Gasteiger partial charge on any atom is 0.305 e. The fourth-order valence-electron chi connectivity index (χ4n) is 1.71. The van der Waals surface area contributed by atoms with E-state index in [1.54, 1.807) is 0 Å². The quantitative estimate of drug-likeness (QED) is 0.434. The molecule has 0 aromatic rings. The zero-order valence-electron chi connectivity index (χ0n) is 15.4. The Hall–Kier alpha value is -1.10. The van der Waals surface area contributed by atoms with Crippen molar-refractivity contribution in [1.29, 1.82) is 0 Å². The van der Waals surface area contributed by atoms with Gasteiger partial charge in [-0.2, -0.15) is 0 Å². The molecule has 138 valence electrons. The van der Waals surface area contributed by atoms with Crippen LogP contribution in [0.1, 0.15) is 79.1 Å². The van der Waals surface area contributed by atoms with Gasteiger partial charge in [-0.1, -0.05) is 39.5 Å². The lowest BCUT2D eigenvalue weighted by Crippen LogP contribution is -2.03. The van der Waals surface area contributed by atoms with Crippen LogP contribution in [0.25, 0.3) is 0 Å². The molecule has 0 saturated heterocycles. The van der Waals surface area contributed by atoms with Gasteiger partial charge in [-0.05, 0) is 32.6 Å². The first-order valence-electron chi connectivity index (χ1n) is 8.89. The number of carbonyl (C=O) groups excluding carboxylic acids is 2. The highest BCUT2D eigenvalue weighted by molar-refractivity contribution is 5.69. The van der Waals surface area contributed by atoms with Gasteiger partial charge in [0.05, 0.1) is 13.2 Å². The predicted molar refractivity (Wildman–Crippen MR) is 92.1 cm³/mol. The average molecular weight is 332 g/mol. The molecule has 1 N–H and O–H groups in total. The van der Waals surface area contributed by atoms with Gasteiger partial charge in [-0.3, -0.25) is 9.59 Å². The number of hydrogen-bond acceptors (Lipinski definition) is 5. The van der Waals surface area contributed by atoms with E-state index in [2.05, 4.69) is 0 Å². The highest BCUT2D eigenvalue weighted by Gasteiger charge is 2.02. The second-order valence-electron chi connectivity index (χ2n) is 5.81. The number of esters is 2. The van der Waals surface area contributed by atoms with E-state index in [9.17, 15) is 9.59 Å². The molecule has 0 aliphatic carbocycles. The van der Waals surface area contributed by atoms with Gasteiger partial charge in [0.15, 0.2) is 0 Å². The van der Waals surface area contributed by atoms with E-state index in [1.165, 1.54) is 0 Å². The number of carbonyl (C=O) groups is 2. The van der Waals surface area contributed by atoms with Crippen LogP contribution in [0.3, 0.4) is 0 Å². The summed E-state index contributed by atoms with van der Waals surface area (Å²) < 4.78 is 9.69. The Labute approximate surface area is 141 Å². The fraction of sp³-hybridized carbons (Fsp3) is 0.889. The number of aliphatic hydroxyl groups is 1. The lowest BCUT2D eigenvalue weighted by atomic mass is 10.1. The second-order valence-corrected chi connectivity index (χ2v) is 5.81. The SMILES string of the molecule is CC(C)CO.CCOC(=O)CCCCCCCCC(=O)OCC. The zero-order chi connectivity index (χ0) is 17.9. The summed E-state index contributed by atoms with van der Waals surface area (Å²) in [6, 6.07) is 0. The van der Waals surface area contributed by atoms with Crippen molar-refractivity contribution < 1.29 is 24.2 Å². The van der Waals surface area contributed by atoms with E-state index < -0.39 is 0 Å². The first-order valence-corrected chi connectivity index (χ1v) is 8.89. The zero-order valence-corrected chi connectivity index (χ0v) is 15.4. The minimum Gasteiger partial charge on any atom is -0.466 e. The van der Waals surface area contributed by atoms with Crippen molar-refractivity contribution in [3.63, 3.8) is 0 Å². The molecule has 0 aromatic carbocycles. The Bertz CT molecular complexity index is 253.